The van der Waals surface area contributed by atoms with Crippen molar-refractivity contribution >= 4 is 17.8 Å². The number of ether oxygens (including phenoxy) is 2. The summed E-state index contributed by atoms with van der Waals surface area (Å²) in [4.78, 5) is 27.1. The van der Waals surface area contributed by atoms with Gasteiger partial charge in [-0.15, -0.1) is 0 Å². The predicted molar refractivity (Wildman–Crippen MR) is 123 cm³/mol. The van der Waals surface area contributed by atoms with Crippen molar-refractivity contribution in [2.75, 3.05) is 19.7 Å². The van der Waals surface area contributed by atoms with Crippen molar-refractivity contribution in [1.82, 2.24) is 15.5 Å². The molecule has 2 aliphatic heterocycles. The van der Waals surface area contributed by atoms with Gasteiger partial charge in [-0.25, -0.2) is 0 Å². The van der Waals surface area contributed by atoms with Crippen LogP contribution in [0.25, 0.3) is 0 Å². The number of amides is 2. The van der Waals surface area contributed by atoms with Gasteiger partial charge >= 0.3 is 0 Å². The fourth-order valence-corrected chi connectivity index (χ4v) is 4.21. The first-order valence-electron chi connectivity index (χ1n) is 11.9. The summed E-state index contributed by atoms with van der Waals surface area (Å²) >= 11 is 0. The van der Waals surface area contributed by atoms with Gasteiger partial charge in [0.2, 0.25) is 6.10 Å². The van der Waals surface area contributed by atoms with Crippen LogP contribution in [-0.4, -0.2) is 54.0 Å². The zero-order valence-corrected chi connectivity index (χ0v) is 19.2. The molecule has 0 saturated carbocycles. The minimum atomic E-state index is -0.666. The summed E-state index contributed by atoms with van der Waals surface area (Å²) in [6, 6.07) is 7.30. The summed E-state index contributed by atoms with van der Waals surface area (Å²) in [6.07, 6.45) is 6.27. The summed E-state index contributed by atoms with van der Waals surface area (Å²) in [5.74, 6) is 1.26. The Labute approximate surface area is 190 Å². The smallest absolute Gasteiger partial charge is 0.264 e. The standard InChI is InChI=1S/C24H36N4O4/c1-3-5-13-24(14-6-4-2)22(30)28(23(25)27-24)16-10-9-15-26-21(29)20-17-31-18-11-7-8-12-19(18)32-20/h7-8,11-12,20H,3-6,9-10,13-17H2,1-2H3,(H2,25,27)(H,26,29). The van der Waals surface area contributed by atoms with Gasteiger partial charge in [-0.05, 0) is 37.8 Å². The number of nitrogens with zero attached hydrogens (tertiary/aromatic N) is 1. The number of benzene rings is 1. The molecule has 0 aromatic heterocycles. The van der Waals surface area contributed by atoms with Crippen molar-refractivity contribution in [1.29, 1.82) is 5.41 Å². The quantitative estimate of drug-likeness (QED) is 0.430. The van der Waals surface area contributed by atoms with E-state index in [1.54, 1.807) is 11.0 Å². The van der Waals surface area contributed by atoms with Crippen LogP contribution < -0.4 is 20.1 Å². The van der Waals surface area contributed by atoms with Crippen LogP contribution >= 0.6 is 0 Å². The molecule has 8 heteroatoms. The lowest BCUT2D eigenvalue weighted by Gasteiger charge is -2.27. The Kier molecular flexibility index (Phi) is 8.36. The van der Waals surface area contributed by atoms with E-state index in [1.165, 1.54) is 0 Å². The van der Waals surface area contributed by atoms with E-state index in [0.717, 1.165) is 38.5 Å². The van der Waals surface area contributed by atoms with Crippen LogP contribution in [0.3, 0.4) is 0 Å². The number of nitrogens with one attached hydrogen (secondary N) is 3. The van der Waals surface area contributed by atoms with Gasteiger partial charge in [0.05, 0.1) is 0 Å². The topological polar surface area (TPSA) is 104 Å². The average Bonchev–Trinajstić information content (AvgIpc) is 3.05. The molecule has 1 saturated heterocycles. The summed E-state index contributed by atoms with van der Waals surface area (Å²) in [6.45, 7) is 5.39. The van der Waals surface area contributed by atoms with E-state index in [4.69, 9.17) is 14.9 Å². The van der Waals surface area contributed by atoms with Gasteiger partial charge < -0.3 is 20.1 Å². The van der Waals surface area contributed by atoms with Gasteiger partial charge in [0, 0.05) is 13.1 Å². The minimum absolute atomic E-state index is 0.0276. The number of guanidine groups is 1. The number of carbonyl (C=O) groups excluding carboxylic acids is 2. The van der Waals surface area contributed by atoms with Crippen molar-refractivity contribution in [3.63, 3.8) is 0 Å². The molecule has 2 heterocycles. The fraction of sp³-hybridized carbons (Fsp3) is 0.625. The van der Waals surface area contributed by atoms with E-state index >= 15 is 0 Å². The van der Waals surface area contributed by atoms with Gasteiger partial charge in [0.15, 0.2) is 17.5 Å². The van der Waals surface area contributed by atoms with E-state index in [1.807, 2.05) is 18.2 Å². The molecule has 0 spiro atoms. The maximum Gasteiger partial charge on any atom is 0.264 e. The second kappa shape index (κ2) is 11.2. The van der Waals surface area contributed by atoms with E-state index in [-0.39, 0.29) is 24.4 Å². The molecule has 1 fully saturated rings. The molecular formula is C24H36N4O4. The highest BCUT2D eigenvalue weighted by Crippen LogP contribution is 2.31. The second-order valence-corrected chi connectivity index (χ2v) is 8.58. The Balaban J connectivity index is 1.42. The first kappa shape index (κ1) is 23.9. The number of para-hydroxylation sites is 2. The zero-order chi connectivity index (χ0) is 23.0. The van der Waals surface area contributed by atoms with Crippen LogP contribution in [0.1, 0.15) is 65.2 Å². The minimum Gasteiger partial charge on any atom is -0.485 e. The molecule has 0 bridgehead atoms. The van der Waals surface area contributed by atoms with Crippen LogP contribution in [0.15, 0.2) is 24.3 Å². The van der Waals surface area contributed by atoms with Crippen molar-refractivity contribution in [3.8, 4) is 11.5 Å². The highest BCUT2D eigenvalue weighted by molar-refractivity contribution is 6.07. The van der Waals surface area contributed by atoms with Crippen LogP contribution in [0.2, 0.25) is 0 Å². The highest BCUT2D eigenvalue weighted by Gasteiger charge is 2.47. The summed E-state index contributed by atoms with van der Waals surface area (Å²) in [5, 5.41) is 14.4. The largest absolute Gasteiger partial charge is 0.485 e. The molecule has 1 aromatic rings. The molecule has 3 rings (SSSR count). The molecule has 176 valence electrons. The number of fused-ring (bicyclic) bond motifs is 1. The second-order valence-electron chi connectivity index (χ2n) is 8.58. The lowest BCUT2D eigenvalue weighted by Crippen LogP contribution is -2.47. The fourth-order valence-electron chi connectivity index (χ4n) is 4.21. The van der Waals surface area contributed by atoms with E-state index < -0.39 is 11.6 Å². The highest BCUT2D eigenvalue weighted by atomic mass is 16.6. The molecule has 32 heavy (non-hydrogen) atoms. The van der Waals surface area contributed by atoms with Crippen molar-refractivity contribution < 1.29 is 19.1 Å². The molecule has 1 aromatic carbocycles. The number of carbonyl (C=O) groups is 2. The third-order valence-corrected chi connectivity index (χ3v) is 6.11. The lowest BCUT2D eigenvalue weighted by molar-refractivity contribution is -0.132. The Morgan fingerprint density at radius 2 is 1.84 bits per heavy atom. The molecular weight excluding hydrogens is 408 g/mol. The molecule has 2 amide bonds. The van der Waals surface area contributed by atoms with Crippen LogP contribution in [0, 0.1) is 5.41 Å². The van der Waals surface area contributed by atoms with Gasteiger partial charge in [0.25, 0.3) is 11.8 Å². The first-order chi connectivity index (χ1) is 15.5. The van der Waals surface area contributed by atoms with E-state index in [2.05, 4.69) is 24.5 Å². The van der Waals surface area contributed by atoms with Crippen LogP contribution in [0.4, 0.5) is 0 Å². The Morgan fingerprint density at radius 3 is 2.53 bits per heavy atom. The first-order valence-corrected chi connectivity index (χ1v) is 11.9. The van der Waals surface area contributed by atoms with Crippen molar-refractivity contribution in [2.45, 2.75) is 76.9 Å². The third-order valence-electron chi connectivity index (χ3n) is 6.11. The van der Waals surface area contributed by atoms with Gasteiger partial charge in [-0.1, -0.05) is 51.7 Å². The maximum absolute atomic E-state index is 13.2. The lowest BCUT2D eigenvalue weighted by atomic mass is 9.87. The molecule has 2 aliphatic rings. The number of rotatable bonds is 12. The predicted octanol–water partition coefficient (Wildman–Crippen LogP) is 3.21. The van der Waals surface area contributed by atoms with Gasteiger partial charge in [-0.2, -0.15) is 0 Å². The number of unbranched alkanes of at least 4 members (excludes halogenated alkanes) is 3. The van der Waals surface area contributed by atoms with Crippen molar-refractivity contribution in [2.24, 2.45) is 0 Å². The summed E-state index contributed by atoms with van der Waals surface area (Å²) < 4.78 is 11.3. The summed E-state index contributed by atoms with van der Waals surface area (Å²) in [7, 11) is 0. The van der Waals surface area contributed by atoms with E-state index in [9.17, 15) is 9.59 Å². The molecule has 3 N–H and O–H groups in total. The average molecular weight is 445 g/mol. The van der Waals surface area contributed by atoms with Crippen molar-refractivity contribution in [3.05, 3.63) is 24.3 Å². The molecule has 0 aliphatic carbocycles. The van der Waals surface area contributed by atoms with Gasteiger partial charge in [0.1, 0.15) is 12.1 Å². The van der Waals surface area contributed by atoms with Crippen LogP contribution in [-0.2, 0) is 9.59 Å². The molecule has 8 nitrogen and oxygen atoms in total. The maximum atomic E-state index is 13.2. The zero-order valence-electron chi connectivity index (χ0n) is 19.2. The van der Waals surface area contributed by atoms with Gasteiger partial charge in [-0.3, -0.25) is 19.9 Å². The third kappa shape index (κ3) is 5.53. The Morgan fingerprint density at radius 1 is 1.16 bits per heavy atom. The monoisotopic (exact) mass is 444 g/mol. The Hall–Kier alpha value is -2.77. The number of hydrogen-bond donors (Lipinski definition) is 3. The summed E-state index contributed by atoms with van der Waals surface area (Å²) in [5.41, 5.74) is -0.619. The Bertz CT molecular complexity index is 805. The SMILES string of the molecule is CCCCC1(CCCC)NC(=N)N(CCCCNC(=O)C2COc3ccccc3O2)C1=O. The van der Waals surface area contributed by atoms with E-state index in [0.29, 0.717) is 37.4 Å². The molecule has 1 unspecified atom stereocenters. The normalized spacial score (nSPS) is 19.1. The molecule has 1 atom stereocenters. The van der Waals surface area contributed by atoms with Crippen LogP contribution in [0.5, 0.6) is 11.5 Å². The number of hydrogen-bond acceptors (Lipinski definition) is 5. The molecule has 0 radical (unpaired) electrons.